The predicted molar refractivity (Wildman–Crippen MR) is 127 cm³/mol. The Morgan fingerprint density at radius 3 is 1.74 bits per heavy atom. The van der Waals surface area contributed by atoms with Crippen molar-refractivity contribution in [1.29, 1.82) is 0 Å². The third kappa shape index (κ3) is 7.04. The van der Waals surface area contributed by atoms with E-state index in [0.717, 1.165) is 11.1 Å². The van der Waals surface area contributed by atoms with Gasteiger partial charge in [0.2, 0.25) is 0 Å². The van der Waals surface area contributed by atoms with Crippen molar-refractivity contribution >= 4 is 17.7 Å². The molecule has 1 atom stereocenters. The van der Waals surface area contributed by atoms with E-state index in [1.165, 1.54) is 14.0 Å². The first-order chi connectivity index (χ1) is 16.5. The van der Waals surface area contributed by atoms with Crippen LogP contribution in [0.3, 0.4) is 0 Å². The molecule has 176 valence electrons. The second-order valence-corrected chi connectivity index (χ2v) is 7.95. The molecule has 0 aliphatic heterocycles. The Morgan fingerprint density at radius 2 is 1.26 bits per heavy atom. The molecule has 0 fully saturated rings. The highest BCUT2D eigenvalue weighted by atomic mass is 16.6. The minimum absolute atomic E-state index is 0.00698. The Kier molecular flexibility index (Phi) is 8.97. The van der Waals surface area contributed by atoms with Crippen LogP contribution in [0.25, 0.3) is 0 Å². The number of methoxy groups -OCH3 is 1. The molecule has 0 amide bonds. The van der Waals surface area contributed by atoms with Gasteiger partial charge in [-0.25, -0.2) is 0 Å². The van der Waals surface area contributed by atoms with Gasteiger partial charge >= 0.3 is 11.9 Å². The SMILES string of the molecule is COc1cccc([C@H](CC(C)=O)C(C(=O)OCc2ccccc2)C(=O)OCc2ccccc2)c1. The minimum atomic E-state index is -1.32. The van der Waals surface area contributed by atoms with Crippen LogP contribution in [-0.2, 0) is 37.1 Å². The number of rotatable bonds is 11. The van der Waals surface area contributed by atoms with Gasteiger partial charge in [0.15, 0.2) is 5.92 Å². The monoisotopic (exact) mass is 460 g/mol. The van der Waals surface area contributed by atoms with E-state index >= 15 is 0 Å². The van der Waals surface area contributed by atoms with Gasteiger partial charge in [0.25, 0.3) is 0 Å². The Bertz CT molecular complexity index is 1040. The number of carbonyl (C=O) groups is 3. The molecular formula is C28H28O6. The summed E-state index contributed by atoms with van der Waals surface area (Å²) in [4.78, 5) is 38.7. The highest BCUT2D eigenvalue weighted by molar-refractivity contribution is 5.97. The summed E-state index contributed by atoms with van der Waals surface area (Å²) in [6.07, 6.45) is -0.0291. The van der Waals surface area contributed by atoms with E-state index in [1.807, 2.05) is 60.7 Å². The predicted octanol–water partition coefficient (Wildman–Crippen LogP) is 4.86. The van der Waals surface area contributed by atoms with E-state index in [1.54, 1.807) is 24.3 Å². The van der Waals surface area contributed by atoms with Gasteiger partial charge in [-0.3, -0.25) is 9.59 Å². The van der Waals surface area contributed by atoms with E-state index in [4.69, 9.17) is 14.2 Å². The Labute approximate surface area is 199 Å². The Morgan fingerprint density at radius 1 is 0.735 bits per heavy atom. The fraction of sp³-hybridized carbons (Fsp3) is 0.250. The zero-order chi connectivity index (χ0) is 24.3. The Hall–Kier alpha value is -3.93. The topological polar surface area (TPSA) is 78.9 Å². The highest BCUT2D eigenvalue weighted by Crippen LogP contribution is 2.33. The molecule has 0 bridgehead atoms. The zero-order valence-electron chi connectivity index (χ0n) is 19.3. The average Bonchev–Trinajstić information content (AvgIpc) is 2.87. The van der Waals surface area contributed by atoms with Gasteiger partial charge in [0.05, 0.1) is 7.11 Å². The lowest BCUT2D eigenvalue weighted by Gasteiger charge is -2.24. The van der Waals surface area contributed by atoms with Gasteiger partial charge in [-0.05, 0) is 35.7 Å². The normalized spacial score (nSPS) is 11.5. The van der Waals surface area contributed by atoms with Gasteiger partial charge in [0, 0.05) is 12.3 Å². The van der Waals surface area contributed by atoms with Gasteiger partial charge < -0.3 is 19.0 Å². The number of hydrogen-bond donors (Lipinski definition) is 0. The van der Waals surface area contributed by atoms with Gasteiger partial charge in [0.1, 0.15) is 24.7 Å². The van der Waals surface area contributed by atoms with Crippen LogP contribution in [0.2, 0.25) is 0 Å². The van der Waals surface area contributed by atoms with Crippen molar-refractivity contribution in [1.82, 2.24) is 0 Å². The molecule has 0 heterocycles. The van der Waals surface area contributed by atoms with Crippen LogP contribution >= 0.6 is 0 Å². The number of carbonyl (C=O) groups excluding carboxylic acids is 3. The molecule has 0 N–H and O–H groups in total. The van der Waals surface area contributed by atoms with Crippen LogP contribution in [0.1, 0.15) is 36.0 Å². The molecule has 0 spiro atoms. The quantitative estimate of drug-likeness (QED) is 0.300. The maximum atomic E-state index is 13.3. The fourth-order valence-corrected chi connectivity index (χ4v) is 3.67. The minimum Gasteiger partial charge on any atom is -0.497 e. The summed E-state index contributed by atoms with van der Waals surface area (Å²) in [5, 5.41) is 0. The molecule has 0 saturated carbocycles. The molecule has 3 aromatic rings. The van der Waals surface area contributed by atoms with Crippen molar-refractivity contribution < 1.29 is 28.6 Å². The number of ether oxygens (including phenoxy) is 3. The highest BCUT2D eigenvalue weighted by Gasteiger charge is 2.39. The van der Waals surface area contributed by atoms with Crippen molar-refractivity contribution in [2.75, 3.05) is 7.11 Å². The second-order valence-electron chi connectivity index (χ2n) is 7.95. The summed E-state index contributed by atoms with van der Waals surface area (Å²) in [6, 6.07) is 25.4. The summed E-state index contributed by atoms with van der Waals surface area (Å²) in [5.74, 6) is -3.17. The lowest BCUT2D eigenvalue weighted by Crippen LogP contribution is -2.34. The van der Waals surface area contributed by atoms with Crippen molar-refractivity contribution in [2.45, 2.75) is 32.5 Å². The molecule has 0 aliphatic rings. The molecule has 0 saturated heterocycles. The molecule has 0 aromatic heterocycles. The molecule has 0 unspecified atom stereocenters. The van der Waals surface area contributed by atoms with Crippen LogP contribution in [0, 0.1) is 5.92 Å². The Balaban J connectivity index is 1.89. The lowest BCUT2D eigenvalue weighted by atomic mass is 9.82. The third-order valence-electron chi connectivity index (χ3n) is 5.39. The first-order valence-electron chi connectivity index (χ1n) is 11.0. The molecule has 34 heavy (non-hydrogen) atoms. The van der Waals surface area contributed by atoms with Gasteiger partial charge in [-0.1, -0.05) is 72.8 Å². The maximum absolute atomic E-state index is 13.3. The second kappa shape index (κ2) is 12.3. The van der Waals surface area contributed by atoms with Crippen LogP contribution < -0.4 is 4.74 Å². The first-order valence-corrected chi connectivity index (χ1v) is 11.0. The van der Waals surface area contributed by atoms with Crippen molar-refractivity contribution in [3.63, 3.8) is 0 Å². The van der Waals surface area contributed by atoms with E-state index in [2.05, 4.69) is 0 Å². The summed E-state index contributed by atoms with van der Waals surface area (Å²) >= 11 is 0. The van der Waals surface area contributed by atoms with E-state index < -0.39 is 23.8 Å². The lowest BCUT2D eigenvalue weighted by molar-refractivity contribution is -0.165. The molecular weight excluding hydrogens is 432 g/mol. The van der Waals surface area contributed by atoms with Crippen molar-refractivity contribution in [2.24, 2.45) is 5.92 Å². The summed E-state index contributed by atoms with van der Waals surface area (Å²) in [6.45, 7) is 1.44. The molecule has 3 rings (SSSR count). The van der Waals surface area contributed by atoms with Gasteiger partial charge in [-0.2, -0.15) is 0 Å². The number of esters is 2. The van der Waals surface area contributed by atoms with E-state index in [9.17, 15) is 14.4 Å². The number of hydrogen-bond acceptors (Lipinski definition) is 6. The number of Topliss-reactive ketones (excluding diaryl/α,β-unsaturated/α-hetero) is 1. The van der Waals surface area contributed by atoms with Gasteiger partial charge in [-0.15, -0.1) is 0 Å². The molecule has 0 aliphatic carbocycles. The zero-order valence-corrected chi connectivity index (χ0v) is 19.3. The largest absolute Gasteiger partial charge is 0.497 e. The van der Waals surface area contributed by atoms with Crippen LogP contribution in [-0.4, -0.2) is 24.8 Å². The van der Waals surface area contributed by atoms with Crippen molar-refractivity contribution in [3.8, 4) is 5.75 Å². The van der Waals surface area contributed by atoms with Crippen LogP contribution in [0.15, 0.2) is 84.9 Å². The molecule has 0 radical (unpaired) electrons. The van der Waals surface area contributed by atoms with Crippen LogP contribution in [0.5, 0.6) is 5.75 Å². The maximum Gasteiger partial charge on any atom is 0.321 e. The first kappa shape index (κ1) is 24.7. The summed E-state index contributed by atoms with van der Waals surface area (Å²) in [5.41, 5.74) is 2.20. The van der Waals surface area contributed by atoms with Crippen LogP contribution in [0.4, 0.5) is 0 Å². The summed E-state index contributed by atoms with van der Waals surface area (Å²) < 4.78 is 16.3. The molecule has 6 heteroatoms. The third-order valence-corrected chi connectivity index (χ3v) is 5.39. The standard InChI is InChI=1S/C28H28O6/c1-20(29)16-25(23-14-9-15-24(17-23)32-2)26(27(30)33-18-21-10-5-3-6-11-21)28(31)34-19-22-12-7-4-8-13-22/h3-15,17,25-26H,16,18-19H2,1-2H3/t25-/m0/s1. The molecule has 6 nitrogen and oxygen atoms in total. The van der Waals surface area contributed by atoms with E-state index in [0.29, 0.717) is 11.3 Å². The van der Waals surface area contributed by atoms with Crippen molar-refractivity contribution in [3.05, 3.63) is 102 Å². The fourth-order valence-electron chi connectivity index (χ4n) is 3.67. The average molecular weight is 461 g/mol. The number of benzene rings is 3. The summed E-state index contributed by atoms with van der Waals surface area (Å²) in [7, 11) is 1.53. The number of ketones is 1. The van der Waals surface area contributed by atoms with E-state index in [-0.39, 0.29) is 25.4 Å². The molecule has 3 aromatic carbocycles. The smallest absolute Gasteiger partial charge is 0.321 e.